The second kappa shape index (κ2) is 1.09. The Morgan fingerprint density at radius 2 is 2.50 bits per heavy atom. The van der Waals surface area contributed by atoms with Gasteiger partial charge in [0.05, 0.1) is 0 Å². The lowest BCUT2D eigenvalue weighted by Crippen LogP contribution is -2.00. The zero-order valence-corrected chi connectivity index (χ0v) is 4.16. The summed E-state index contributed by atoms with van der Waals surface area (Å²) in [5.41, 5.74) is 0. The van der Waals surface area contributed by atoms with Gasteiger partial charge in [-0.1, -0.05) is 11.6 Å². The highest BCUT2D eigenvalue weighted by Crippen LogP contribution is 2.31. The third-order valence-electron chi connectivity index (χ3n) is 0.676. The molecule has 6 heavy (non-hydrogen) atoms. The molecule has 0 aromatic heterocycles. The minimum absolute atomic E-state index is 0.519. The van der Waals surface area contributed by atoms with Crippen LogP contribution in [0.1, 0.15) is 0 Å². The van der Waals surface area contributed by atoms with E-state index < -0.39 is 5.25 Å². The predicted octanol–water partition coefficient (Wildman–Crippen LogP) is 0.556. The normalized spacial score (nSPS) is 43.0. The molecule has 3 heteroatoms. The van der Waals surface area contributed by atoms with Crippen molar-refractivity contribution in [1.29, 1.82) is 0 Å². The van der Waals surface area contributed by atoms with E-state index in [0.29, 0.717) is 6.61 Å². The number of alkyl halides is 1. The zero-order chi connectivity index (χ0) is 4.62. The molecule has 1 unspecified atom stereocenters. The summed E-state index contributed by atoms with van der Waals surface area (Å²) in [6.45, 7) is 0.519. The molecule has 0 amide bonds. The van der Waals surface area contributed by atoms with Crippen molar-refractivity contribution in [2.75, 3.05) is 13.7 Å². The molecule has 1 heterocycles. The van der Waals surface area contributed by atoms with Crippen molar-refractivity contribution in [3.8, 4) is 0 Å². The summed E-state index contributed by atoms with van der Waals surface area (Å²) in [6.07, 6.45) is 0. The Labute approximate surface area is 41.0 Å². The van der Waals surface area contributed by atoms with Crippen molar-refractivity contribution < 1.29 is 9.47 Å². The van der Waals surface area contributed by atoms with Gasteiger partial charge in [-0.25, -0.2) is 0 Å². The maximum atomic E-state index is 5.38. The van der Waals surface area contributed by atoms with E-state index in [9.17, 15) is 0 Å². The number of halogens is 1. The Bertz CT molecular complexity index is 59.8. The molecule has 0 saturated carbocycles. The maximum absolute atomic E-state index is 5.38. The second-order valence-corrected chi connectivity index (χ2v) is 1.73. The molecule has 1 aliphatic heterocycles. The quantitative estimate of drug-likeness (QED) is 0.362. The van der Waals surface area contributed by atoms with Gasteiger partial charge in [0.1, 0.15) is 6.61 Å². The predicted molar refractivity (Wildman–Crippen MR) is 21.5 cm³/mol. The average molecular weight is 109 g/mol. The number of epoxide rings is 1. The van der Waals surface area contributed by atoms with Gasteiger partial charge in [-0.15, -0.1) is 0 Å². The molecule has 1 saturated heterocycles. The first-order chi connectivity index (χ1) is 2.77. The van der Waals surface area contributed by atoms with Crippen LogP contribution in [0, 0.1) is 0 Å². The van der Waals surface area contributed by atoms with Gasteiger partial charge < -0.3 is 9.47 Å². The van der Waals surface area contributed by atoms with Crippen LogP contribution < -0.4 is 0 Å². The smallest absolute Gasteiger partial charge is 0.272 e. The van der Waals surface area contributed by atoms with Crippen LogP contribution in [0.4, 0.5) is 0 Å². The van der Waals surface area contributed by atoms with E-state index in [0.717, 1.165) is 0 Å². The van der Waals surface area contributed by atoms with Gasteiger partial charge in [0, 0.05) is 7.11 Å². The third kappa shape index (κ3) is 0.644. The Hall–Kier alpha value is 0.210. The molecular weight excluding hydrogens is 103 g/mol. The van der Waals surface area contributed by atoms with Gasteiger partial charge in [-0.05, 0) is 0 Å². The minimum atomic E-state index is -0.736. The number of ether oxygens (including phenoxy) is 2. The van der Waals surface area contributed by atoms with Crippen molar-refractivity contribution in [1.82, 2.24) is 0 Å². The van der Waals surface area contributed by atoms with E-state index in [-0.39, 0.29) is 0 Å². The van der Waals surface area contributed by atoms with Gasteiger partial charge >= 0.3 is 0 Å². The Morgan fingerprint density at radius 3 is 2.50 bits per heavy atom. The lowest BCUT2D eigenvalue weighted by atomic mass is 10.9. The highest BCUT2D eigenvalue weighted by atomic mass is 35.5. The Kier molecular flexibility index (Phi) is 0.793. The van der Waals surface area contributed by atoms with E-state index in [1.165, 1.54) is 7.11 Å². The van der Waals surface area contributed by atoms with Crippen LogP contribution in [-0.4, -0.2) is 19.0 Å². The molecule has 1 atom stereocenters. The van der Waals surface area contributed by atoms with Crippen LogP contribution >= 0.6 is 11.6 Å². The number of hydrogen-bond donors (Lipinski definition) is 0. The van der Waals surface area contributed by atoms with Crippen LogP contribution in [-0.2, 0) is 9.47 Å². The number of hydrogen-bond acceptors (Lipinski definition) is 2. The molecule has 1 aliphatic rings. The Balaban J connectivity index is 2.28. The fraction of sp³-hybridized carbons (Fsp3) is 1.00. The number of rotatable bonds is 1. The highest BCUT2D eigenvalue weighted by molar-refractivity contribution is 6.23. The standard InChI is InChI=1S/C3H5ClO2/c1-5-3(4)2-6-3/h2H2,1H3. The fourth-order valence-electron chi connectivity index (χ4n) is 0.175. The molecule has 0 N–H and O–H groups in total. The lowest BCUT2D eigenvalue weighted by Gasteiger charge is -1.92. The summed E-state index contributed by atoms with van der Waals surface area (Å²) < 4.78 is 9.18. The average Bonchev–Trinajstić information content (AvgIpc) is 2.22. The lowest BCUT2D eigenvalue weighted by molar-refractivity contribution is 0.0592. The van der Waals surface area contributed by atoms with Crippen LogP contribution in [0.3, 0.4) is 0 Å². The zero-order valence-electron chi connectivity index (χ0n) is 3.40. The van der Waals surface area contributed by atoms with Crippen LogP contribution in [0.15, 0.2) is 0 Å². The van der Waals surface area contributed by atoms with Gasteiger partial charge in [0.15, 0.2) is 0 Å². The van der Waals surface area contributed by atoms with E-state index in [4.69, 9.17) is 11.6 Å². The van der Waals surface area contributed by atoms with E-state index in [1.807, 2.05) is 0 Å². The van der Waals surface area contributed by atoms with Crippen LogP contribution in [0.5, 0.6) is 0 Å². The summed E-state index contributed by atoms with van der Waals surface area (Å²) >= 11 is 5.38. The molecule has 2 nitrogen and oxygen atoms in total. The molecule has 0 aliphatic carbocycles. The third-order valence-corrected chi connectivity index (χ3v) is 1.05. The molecule has 0 aromatic carbocycles. The SMILES string of the molecule is COC1(Cl)CO1. The van der Waals surface area contributed by atoms with Crippen molar-refractivity contribution in [2.45, 2.75) is 5.25 Å². The molecule has 0 bridgehead atoms. The highest BCUT2D eigenvalue weighted by Gasteiger charge is 2.43. The summed E-state index contributed by atoms with van der Waals surface area (Å²) in [5.74, 6) is 0. The summed E-state index contributed by atoms with van der Waals surface area (Å²) in [5, 5.41) is -0.736. The summed E-state index contributed by atoms with van der Waals surface area (Å²) in [7, 11) is 1.51. The van der Waals surface area contributed by atoms with Gasteiger partial charge in [-0.2, -0.15) is 0 Å². The van der Waals surface area contributed by atoms with E-state index in [2.05, 4.69) is 9.47 Å². The first-order valence-corrected chi connectivity index (χ1v) is 2.03. The molecule has 0 radical (unpaired) electrons. The molecule has 0 spiro atoms. The van der Waals surface area contributed by atoms with Gasteiger partial charge in [0.2, 0.25) is 0 Å². The maximum Gasteiger partial charge on any atom is 0.272 e. The summed E-state index contributed by atoms with van der Waals surface area (Å²) in [4.78, 5) is 0. The van der Waals surface area contributed by atoms with Gasteiger partial charge in [0.25, 0.3) is 5.25 Å². The van der Waals surface area contributed by atoms with Crippen molar-refractivity contribution in [2.24, 2.45) is 0 Å². The van der Waals surface area contributed by atoms with Gasteiger partial charge in [-0.3, -0.25) is 0 Å². The monoisotopic (exact) mass is 108 g/mol. The first kappa shape index (κ1) is 4.37. The van der Waals surface area contributed by atoms with Crippen molar-refractivity contribution in [3.05, 3.63) is 0 Å². The van der Waals surface area contributed by atoms with E-state index >= 15 is 0 Å². The minimum Gasteiger partial charge on any atom is -0.339 e. The topological polar surface area (TPSA) is 21.8 Å². The molecule has 0 aromatic rings. The van der Waals surface area contributed by atoms with Crippen molar-refractivity contribution in [3.63, 3.8) is 0 Å². The molecular formula is C3H5ClO2. The fourth-order valence-corrected chi connectivity index (χ4v) is 0.229. The molecule has 1 fully saturated rings. The van der Waals surface area contributed by atoms with Crippen LogP contribution in [0.2, 0.25) is 0 Å². The molecule has 1 rings (SSSR count). The second-order valence-electron chi connectivity index (χ2n) is 1.15. The summed E-state index contributed by atoms with van der Waals surface area (Å²) in [6, 6.07) is 0. The largest absolute Gasteiger partial charge is 0.339 e. The first-order valence-electron chi connectivity index (χ1n) is 1.65. The van der Waals surface area contributed by atoms with E-state index in [1.54, 1.807) is 0 Å². The number of methoxy groups -OCH3 is 1. The molecule has 36 valence electrons. The Morgan fingerprint density at radius 1 is 2.00 bits per heavy atom. The van der Waals surface area contributed by atoms with Crippen LogP contribution in [0.25, 0.3) is 0 Å². The van der Waals surface area contributed by atoms with Crippen molar-refractivity contribution >= 4 is 11.6 Å².